The molecule has 0 aromatic carbocycles. The molecule has 1 unspecified atom stereocenters. The quantitative estimate of drug-likeness (QED) is 0.402. The molecule has 10 heteroatoms. The van der Waals surface area contributed by atoms with Gasteiger partial charge in [-0.3, -0.25) is 14.5 Å². The van der Waals surface area contributed by atoms with Crippen molar-refractivity contribution < 1.29 is 58.4 Å². The molecule has 0 spiro atoms. The third-order valence-electron chi connectivity index (χ3n) is 4.35. The molecule has 0 aliphatic rings. The normalized spacial score (nSPS) is 11.7. The van der Waals surface area contributed by atoms with Gasteiger partial charge in [0.1, 0.15) is 0 Å². The molecule has 0 aliphatic carbocycles. The fourth-order valence-corrected chi connectivity index (χ4v) is 2.45. The third-order valence-corrected chi connectivity index (χ3v) is 4.35. The summed E-state index contributed by atoms with van der Waals surface area (Å²) in [6.07, 6.45) is -0.791. The number of nitrogens with zero attached hydrogens (tertiary/aromatic N) is 1. The summed E-state index contributed by atoms with van der Waals surface area (Å²) in [4.78, 5) is 22.8. The Morgan fingerprint density at radius 1 is 0.917 bits per heavy atom. The topological polar surface area (TPSA) is 193 Å². The number of rotatable bonds is 9. The van der Waals surface area contributed by atoms with Crippen LogP contribution in [0.1, 0.15) is 34.6 Å². The Hall–Kier alpha value is -0.741. The van der Waals surface area contributed by atoms with Crippen molar-refractivity contribution in [1.29, 1.82) is 0 Å². The first-order valence-corrected chi connectivity index (χ1v) is 6.85. The van der Waals surface area contributed by atoms with Crippen LogP contribution in [0.4, 0.5) is 0 Å². The molecule has 0 saturated heterocycles. The molecule has 0 fully saturated rings. The molecule has 0 heterocycles. The van der Waals surface area contributed by atoms with E-state index >= 15 is 0 Å². The van der Waals surface area contributed by atoms with Crippen molar-refractivity contribution in [2.24, 2.45) is 17.3 Å². The van der Waals surface area contributed by atoms with Crippen LogP contribution in [0.15, 0.2) is 0 Å². The summed E-state index contributed by atoms with van der Waals surface area (Å²) in [5.74, 6) is -1.83. The van der Waals surface area contributed by atoms with Crippen molar-refractivity contribution in [1.82, 2.24) is 4.90 Å². The largest absolute Gasteiger partial charge is 2.00 e. The molecule has 0 amide bonds. The van der Waals surface area contributed by atoms with E-state index in [1.165, 1.54) is 4.90 Å². The van der Waals surface area contributed by atoms with Crippen LogP contribution in [0.2, 0.25) is 0 Å². The molecule has 9 N–H and O–H groups in total. The summed E-state index contributed by atoms with van der Waals surface area (Å²) < 4.78 is 0. The minimum absolute atomic E-state index is 0. The average molecular weight is 398 g/mol. The molecule has 24 heavy (non-hydrogen) atoms. The summed E-state index contributed by atoms with van der Waals surface area (Å²) >= 11 is 0. The van der Waals surface area contributed by atoms with E-state index in [2.05, 4.69) is 0 Å². The van der Waals surface area contributed by atoms with E-state index in [0.717, 1.165) is 0 Å². The second-order valence-corrected chi connectivity index (χ2v) is 6.15. The number of hydrogen-bond acceptors (Lipinski definition) is 4. The van der Waals surface area contributed by atoms with Gasteiger partial charge in [0.15, 0.2) is 0 Å². The Bertz CT molecular complexity index is 328. The predicted molar refractivity (Wildman–Crippen MR) is 86.3 cm³/mol. The minimum atomic E-state index is -1.10. The van der Waals surface area contributed by atoms with E-state index in [9.17, 15) is 14.7 Å². The maximum atomic E-state index is 10.8. The molecule has 0 bridgehead atoms. The maximum absolute atomic E-state index is 10.8. The van der Waals surface area contributed by atoms with Crippen molar-refractivity contribution in [2.45, 2.75) is 40.7 Å². The van der Waals surface area contributed by atoms with Crippen LogP contribution in [0, 0.1) is 17.3 Å². The zero-order valence-corrected chi connectivity index (χ0v) is 16.0. The van der Waals surface area contributed by atoms with Crippen LogP contribution in [-0.4, -0.2) is 74.3 Å². The maximum Gasteiger partial charge on any atom is 2.00 e. The number of aliphatic carboxylic acids is 2. The van der Waals surface area contributed by atoms with E-state index in [4.69, 9.17) is 10.2 Å². The molecule has 0 rings (SSSR count). The number of aliphatic hydroxyl groups is 1. The zero-order valence-electron chi connectivity index (χ0n) is 14.8. The van der Waals surface area contributed by atoms with Crippen LogP contribution in [0.25, 0.3) is 0 Å². The number of carboxylic acids is 2. The molecule has 0 saturated carbocycles. The second-order valence-electron chi connectivity index (χ2n) is 6.15. The molecule has 1 radical (unpaired) electrons. The summed E-state index contributed by atoms with van der Waals surface area (Å²) in [6.45, 7) is 9.21. The van der Waals surface area contributed by atoms with Crippen molar-refractivity contribution in [3.05, 3.63) is 0 Å². The van der Waals surface area contributed by atoms with Crippen LogP contribution >= 0.6 is 0 Å². The van der Waals surface area contributed by atoms with Crippen molar-refractivity contribution in [3.8, 4) is 0 Å². The van der Waals surface area contributed by atoms with Crippen LogP contribution in [-0.2, 0) is 26.7 Å². The molecular weight excluding hydrogens is 365 g/mol. The van der Waals surface area contributed by atoms with Gasteiger partial charge in [-0.1, -0.05) is 34.6 Å². The Labute approximate surface area is 153 Å². The first-order valence-electron chi connectivity index (χ1n) is 6.85. The molecule has 0 aromatic rings. The number of carbonyl (C=O) groups is 2. The molecule has 0 aliphatic heterocycles. The Kier molecular flexibility index (Phi) is 21.0. The molecular formula is C14H33MnNO8+2. The van der Waals surface area contributed by atoms with Gasteiger partial charge in [-0.15, -0.1) is 0 Å². The first-order chi connectivity index (χ1) is 9.01. The number of carboxylic acid groups (broad SMARTS) is 2. The van der Waals surface area contributed by atoms with E-state index in [1.54, 1.807) is 0 Å². The van der Waals surface area contributed by atoms with Gasteiger partial charge in [-0.05, 0) is 17.3 Å². The first kappa shape index (κ1) is 34.6. The molecule has 0 aromatic heterocycles. The number of aliphatic hydroxyl groups excluding tert-OH is 1. The number of hydrogen-bond donors (Lipinski definition) is 3. The van der Waals surface area contributed by atoms with E-state index in [1.807, 2.05) is 34.6 Å². The zero-order chi connectivity index (χ0) is 16.1. The summed E-state index contributed by atoms with van der Waals surface area (Å²) in [5.41, 5.74) is -0.407. The Balaban J connectivity index is -0.000000301. The summed E-state index contributed by atoms with van der Waals surface area (Å²) in [6, 6.07) is 0. The fraction of sp³-hybridized carbons (Fsp3) is 0.857. The monoisotopic (exact) mass is 398 g/mol. The van der Waals surface area contributed by atoms with Gasteiger partial charge in [0.2, 0.25) is 0 Å². The second kappa shape index (κ2) is 14.6. The van der Waals surface area contributed by atoms with Crippen molar-refractivity contribution in [3.63, 3.8) is 0 Å². The predicted octanol–water partition coefficient (Wildman–Crippen LogP) is -1.34. The minimum Gasteiger partial charge on any atom is -0.480 e. The third kappa shape index (κ3) is 10.2. The van der Waals surface area contributed by atoms with Crippen molar-refractivity contribution in [2.75, 3.05) is 19.6 Å². The summed E-state index contributed by atoms with van der Waals surface area (Å²) in [5, 5.41) is 28.1. The van der Waals surface area contributed by atoms with Crippen molar-refractivity contribution >= 4 is 11.9 Å². The average Bonchev–Trinajstić information content (AvgIpc) is 2.24. The van der Waals surface area contributed by atoms with Gasteiger partial charge in [0.25, 0.3) is 0 Å². The van der Waals surface area contributed by atoms with Gasteiger partial charge in [-0.25, -0.2) is 0 Å². The fourth-order valence-electron chi connectivity index (χ4n) is 2.45. The molecule has 147 valence electrons. The Morgan fingerprint density at radius 3 is 1.42 bits per heavy atom. The van der Waals surface area contributed by atoms with Gasteiger partial charge >= 0.3 is 29.0 Å². The molecule has 9 nitrogen and oxygen atoms in total. The summed E-state index contributed by atoms with van der Waals surface area (Å²) in [7, 11) is 0. The van der Waals surface area contributed by atoms with Gasteiger partial charge in [0.05, 0.1) is 19.2 Å². The van der Waals surface area contributed by atoms with Gasteiger partial charge < -0.3 is 31.7 Å². The van der Waals surface area contributed by atoms with Crippen LogP contribution < -0.4 is 0 Å². The molecule has 1 atom stereocenters. The van der Waals surface area contributed by atoms with Gasteiger partial charge in [-0.2, -0.15) is 0 Å². The SMILES string of the molecule is CC(C)C(C)(C(C)C)C(O)CN(CC(=O)O)CC(=O)O.O.O.O.[Mn+2]. The van der Waals surface area contributed by atoms with E-state index in [-0.39, 0.29) is 51.9 Å². The Morgan fingerprint density at radius 2 is 1.21 bits per heavy atom. The van der Waals surface area contributed by atoms with Gasteiger partial charge in [0, 0.05) is 6.54 Å². The van der Waals surface area contributed by atoms with E-state index in [0.29, 0.717) is 0 Å². The smallest absolute Gasteiger partial charge is 0.480 e. The van der Waals surface area contributed by atoms with Crippen LogP contribution in [0.3, 0.4) is 0 Å². The van der Waals surface area contributed by atoms with E-state index < -0.39 is 36.5 Å². The van der Waals surface area contributed by atoms with Crippen LogP contribution in [0.5, 0.6) is 0 Å². The standard InChI is InChI=1S/C14H27NO5.Mn.3H2O/c1-9(2)14(5,10(3)4)11(16)6-15(7-12(17)18)8-13(19)20;;;;/h9-11,16H,6-8H2,1-5H3,(H,17,18)(H,19,20);;3*1H2/q;+2;;;.